The lowest BCUT2D eigenvalue weighted by molar-refractivity contribution is 0.407. The van der Waals surface area contributed by atoms with E-state index >= 15 is 0 Å². The Morgan fingerprint density at radius 1 is 1.12 bits per heavy atom. The average molecular weight is 252 g/mol. The molecule has 96 valence electrons. The van der Waals surface area contributed by atoms with Crippen LogP contribution >= 0.6 is 0 Å². The topological polar surface area (TPSA) is 18.5 Å². The van der Waals surface area contributed by atoms with Gasteiger partial charge in [0.1, 0.15) is 11.5 Å². The van der Waals surface area contributed by atoms with Crippen molar-refractivity contribution in [2.45, 2.75) is 45.8 Å². The summed E-state index contributed by atoms with van der Waals surface area (Å²) in [7, 11) is -0.0615. The van der Waals surface area contributed by atoms with Gasteiger partial charge in [-0.2, -0.15) is 0 Å². The number of benzene rings is 1. The molecule has 0 aliphatic rings. The first-order valence-electron chi connectivity index (χ1n) is 6.01. The lowest BCUT2D eigenvalue weighted by atomic mass is 10.2. The van der Waals surface area contributed by atoms with Crippen molar-refractivity contribution in [2.24, 2.45) is 0 Å². The van der Waals surface area contributed by atoms with Gasteiger partial charge in [0.05, 0.1) is 7.11 Å². The van der Waals surface area contributed by atoms with Gasteiger partial charge in [-0.1, -0.05) is 26.8 Å². The smallest absolute Gasteiger partial charge is 0.250 e. The third-order valence-electron chi connectivity index (χ3n) is 3.56. The maximum Gasteiger partial charge on any atom is 0.250 e. The van der Waals surface area contributed by atoms with E-state index in [4.69, 9.17) is 9.16 Å². The minimum atomic E-state index is -1.75. The summed E-state index contributed by atoms with van der Waals surface area (Å²) in [5, 5.41) is 0.213. The first-order valence-corrected chi connectivity index (χ1v) is 8.92. The van der Waals surface area contributed by atoms with Crippen LogP contribution < -0.4 is 9.16 Å². The monoisotopic (exact) mass is 252 g/mol. The molecular weight excluding hydrogens is 228 g/mol. The second kappa shape index (κ2) is 4.73. The zero-order valence-corrected chi connectivity index (χ0v) is 13.0. The fourth-order valence-electron chi connectivity index (χ4n) is 1.31. The van der Waals surface area contributed by atoms with Gasteiger partial charge >= 0.3 is 0 Å². The second-order valence-corrected chi connectivity index (χ2v) is 10.7. The number of hydrogen-bond acceptors (Lipinski definition) is 2. The number of ether oxygens (including phenoxy) is 1. The zero-order valence-electron chi connectivity index (χ0n) is 12.0. The molecule has 0 bridgehead atoms. The van der Waals surface area contributed by atoms with Crippen LogP contribution in [0.4, 0.5) is 0 Å². The van der Waals surface area contributed by atoms with Crippen LogP contribution in [0, 0.1) is 6.92 Å². The average Bonchev–Trinajstić information content (AvgIpc) is 2.19. The lowest BCUT2D eigenvalue weighted by Gasteiger charge is -2.36. The summed E-state index contributed by atoms with van der Waals surface area (Å²) >= 11 is 0. The Balaban J connectivity index is 2.96. The summed E-state index contributed by atoms with van der Waals surface area (Å²) in [6.07, 6.45) is 0. The highest BCUT2D eigenvalue weighted by Crippen LogP contribution is 2.38. The van der Waals surface area contributed by atoms with Gasteiger partial charge in [-0.05, 0) is 36.7 Å². The van der Waals surface area contributed by atoms with Gasteiger partial charge in [0.2, 0.25) is 8.32 Å². The molecule has 1 aromatic rings. The standard InChI is InChI=1S/C14H24O2Si/c1-11-8-9-12(10-13(11)15-5)16-17(6,7)14(2,3)4/h8-10H,1-7H3. The number of hydrogen-bond donors (Lipinski definition) is 0. The van der Waals surface area contributed by atoms with E-state index in [2.05, 4.69) is 33.9 Å². The Hall–Kier alpha value is -0.963. The molecule has 0 unspecified atom stereocenters. The summed E-state index contributed by atoms with van der Waals surface area (Å²) in [4.78, 5) is 0. The second-order valence-electron chi connectivity index (χ2n) is 5.99. The minimum Gasteiger partial charge on any atom is -0.543 e. The zero-order chi connectivity index (χ0) is 13.3. The lowest BCUT2D eigenvalue weighted by Crippen LogP contribution is -2.43. The first kappa shape index (κ1) is 14.1. The van der Waals surface area contributed by atoms with Crippen LogP contribution in [0.5, 0.6) is 11.5 Å². The van der Waals surface area contributed by atoms with Crippen LogP contribution in [0.1, 0.15) is 26.3 Å². The molecule has 0 radical (unpaired) electrons. The molecule has 0 aromatic heterocycles. The molecule has 0 fully saturated rings. The van der Waals surface area contributed by atoms with Gasteiger partial charge in [0.15, 0.2) is 0 Å². The Morgan fingerprint density at radius 3 is 2.18 bits per heavy atom. The van der Waals surface area contributed by atoms with Crippen LogP contribution in [-0.4, -0.2) is 15.4 Å². The molecule has 0 aliphatic heterocycles. The number of aryl methyl sites for hydroxylation is 1. The maximum atomic E-state index is 6.22. The molecule has 17 heavy (non-hydrogen) atoms. The highest BCUT2D eigenvalue weighted by molar-refractivity contribution is 6.74. The molecule has 0 atom stereocenters. The van der Waals surface area contributed by atoms with E-state index < -0.39 is 8.32 Å². The van der Waals surface area contributed by atoms with Crippen molar-refractivity contribution in [3.05, 3.63) is 23.8 Å². The van der Waals surface area contributed by atoms with Crippen molar-refractivity contribution in [3.63, 3.8) is 0 Å². The van der Waals surface area contributed by atoms with Gasteiger partial charge in [0.25, 0.3) is 0 Å². The van der Waals surface area contributed by atoms with Crippen molar-refractivity contribution < 1.29 is 9.16 Å². The van der Waals surface area contributed by atoms with Crippen molar-refractivity contribution in [1.29, 1.82) is 0 Å². The van der Waals surface area contributed by atoms with Crippen LogP contribution in [0.2, 0.25) is 18.1 Å². The van der Waals surface area contributed by atoms with E-state index in [0.717, 1.165) is 17.1 Å². The van der Waals surface area contributed by atoms with E-state index in [1.165, 1.54) is 0 Å². The largest absolute Gasteiger partial charge is 0.543 e. The highest BCUT2D eigenvalue weighted by atomic mass is 28.4. The van der Waals surface area contributed by atoms with Crippen LogP contribution in [0.3, 0.4) is 0 Å². The fourth-order valence-corrected chi connectivity index (χ4v) is 2.33. The van der Waals surface area contributed by atoms with Crippen molar-refractivity contribution in [2.75, 3.05) is 7.11 Å². The molecule has 2 nitrogen and oxygen atoms in total. The summed E-state index contributed by atoms with van der Waals surface area (Å²) in [6.45, 7) is 13.3. The van der Waals surface area contributed by atoms with Gasteiger partial charge in [-0.25, -0.2) is 0 Å². The molecular formula is C14H24O2Si. The van der Waals surface area contributed by atoms with E-state index in [0.29, 0.717) is 0 Å². The summed E-state index contributed by atoms with van der Waals surface area (Å²) in [6, 6.07) is 6.05. The SMILES string of the molecule is COc1cc(O[Si](C)(C)C(C)(C)C)ccc1C. The van der Waals surface area contributed by atoms with Crippen LogP contribution in [-0.2, 0) is 0 Å². The van der Waals surface area contributed by atoms with E-state index in [9.17, 15) is 0 Å². The molecule has 0 aliphatic carbocycles. The van der Waals surface area contributed by atoms with Crippen molar-refractivity contribution >= 4 is 8.32 Å². The van der Waals surface area contributed by atoms with Crippen LogP contribution in [0.25, 0.3) is 0 Å². The van der Waals surface area contributed by atoms with Gasteiger partial charge in [0, 0.05) is 6.07 Å². The molecule has 3 heteroatoms. The fraction of sp³-hybridized carbons (Fsp3) is 0.571. The Morgan fingerprint density at radius 2 is 1.71 bits per heavy atom. The Kier molecular flexibility index (Phi) is 3.92. The van der Waals surface area contributed by atoms with Crippen molar-refractivity contribution in [1.82, 2.24) is 0 Å². The van der Waals surface area contributed by atoms with Gasteiger partial charge < -0.3 is 9.16 Å². The van der Waals surface area contributed by atoms with E-state index in [1.807, 2.05) is 25.1 Å². The molecule has 0 spiro atoms. The van der Waals surface area contributed by atoms with Crippen molar-refractivity contribution in [3.8, 4) is 11.5 Å². The number of rotatable bonds is 3. The predicted octanol–water partition coefficient (Wildman–Crippen LogP) is 4.39. The maximum absolute atomic E-state index is 6.22. The molecule has 0 N–H and O–H groups in total. The van der Waals surface area contributed by atoms with Gasteiger partial charge in [-0.3, -0.25) is 0 Å². The molecule has 1 aromatic carbocycles. The van der Waals surface area contributed by atoms with E-state index in [1.54, 1.807) is 7.11 Å². The minimum absolute atomic E-state index is 0.213. The Bertz CT molecular complexity index is 392. The molecule has 0 amide bonds. The summed E-state index contributed by atoms with van der Waals surface area (Å²) in [5.41, 5.74) is 1.13. The van der Waals surface area contributed by atoms with Crippen LogP contribution in [0.15, 0.2) is 18.2 Å². The number of methoxy groups -OCH3 is 1. The Labute approximate surface area is 106 Å². The van der Waals surface area contributed by atoms with E-state index in [-0.39, 0.29) is 5.04 Å². The molecule has 1 rings (SSSR count). The molecule has 0 heterocycles. The predicted molar refractivity (Wildman–Crippen MR) is 75.6 cm³/mol. The third kappa shape index (κ3) is 3.25. The summed E-state index contributed by atoms with van der Waals surface area (Å²) in [5.74, 6) is 1.81. The molecule has 0 saturated heterocycles. The van der Waals surface area contributed by atoms with Gasteiger partial charge in [-0.15, -0.1) is 0 Å². The molecule has 0 saturated carbocycles. The summed E-state index contributed by atoms with van der Waals surface area (Å²) < 4.78 is 11.5. The normalized spacial score (nSPS) is 12.4. The third-order valence-corrected chi connectivity index (χ3v) is 7.92. The first-order chi connectivity index (χ1) is 7.67. The quantitative estimate of drug-likeness (QED) is 0.743. The highest BCUT2D eigenvalue weighted by Gasteiger charge is 2.38.